The molecule has 0 amide bonds. The van der Waals surface area contributed by atoms with Gasteiger partial charge in [0.15, 0.2) is 5.78 Å². The Bertz CT molecular complexity index is 1090. The lowest BCUT2D eigenvalue weighted by atomic mass is 9.97. The van der Waals surface area contributed by atoms with Crippen molar-refractivity contribution in [1.82, 2.24) is 0 Å². The monoisotopic (exact) mass is 486 g/mol. The van der Waals surface area contributed by atoms with E-state index in [-0.39, 0.29) is 34.8 Å². The van der Waals surface area contributed by atoms with Crippen molar-refractivity contribution in [2.45, 2.75) is 59.7 Å². The van der Waals surface area contributed by atoms with Gasteiger partial charge in [-0.3, -0.25) is 4.79 Å². The minimum absolute atomic E-state index is 0.0111. The molecule has 35 heavy (non-hydrogen) atoms. The van der Waals surface area contributed by atoms with Crippen molar-refractivity contribution < 1.29 is 42.9 Å². The maximum atomic E-state index is 13.4. The zero-order valence-electron chi connectivity index (χ0n) is 20.9. The van der Waals surface area contributed by atoms with Crippen LogP contribution in [-0.2, 0) is 14.2 Å². The molecule has 0 atom stereocenters. The quantitative estimate of drug-likeness (QED) is 0.219. The van der Waals surface area contributed by atoms with Gasteiger partial charge in [-0.2, -0.15) is 0 Å². The van der Waals surface area contributed by atoms with Gasteiger partial charge in [0.05, 0.1) is 17.7 Å². The van der Waals surface area contributed by atoms with Crippen LogP contribution in [0.3, 0.4) is 0 Å². The molecule has 0 unspecified atom stereocenters. The molecular formula is C26H30O9. The van der Waals surface area contributed by atoms with Gasteiger partial charge < -0.3 is 23.7 Å². The molecule has 0 aliphatic carbocycles. The summed E-state index contributed by atoms with van der Waals surface area (Å²) < 4.78 is 26.0. The first kappa shape index (κ1) is 27.4. The molecule has 0 saturated heterocycles. The molecule has 9 nitrogen and oxygen atoms in total. The maximum Gasteiger partial charge on any atom is 0.514 e. The molecule has 2 aromatic carbocycles. The van der Waals surface area contributed by atoms with E-state index >= 15 is 0 Å². The Morgan fingerprint density at radius 1 is 0.771 bits per heavy atom. The second kappa shape index (κ2) is 11.0. The van der Waals surface area contributed by atoms with Crippen molar-refractivity contribution in [3.8, 4) is 11.5 Å². The summed E-state index contributed by atoms with van der Waals surface area (Å²) >= 11 is 0. The average molecular weight is 487 g/mol. The number of benzene rings is 2. The first-order chi connectivity index (χ1) is 16.2. The van der Waals surface area contributed by atoms with Crippen LogP contribution in [0.15, 0.2) is 42.5 Å². The van der Waals surface area contributed by atoms with E-state index in [1.165, 1.54) is 0 Å². The van der Waals surface area contributed by atoms with Gasteiger partial charge in [-0.05, 0) is 54.5 Å². The number of hydrogen-bond donors (Lipinski definition) is 0. The number of esters is 1. The molecule has 0 aliphatic rings. The van der Waals surface area contributed by atoms with Crippen molar-refractivity contribution in [3.63, 3.8) is 0 Å². The highest BCUT2D eigenvalue weighted by Gasteiger charge is 2.29. The van der Waals surface area contributed by atoms with Crippen LogP contribution in [0.1, 0.15) is 74.7 Å². The van der Waals surface area contributed by atoms with Crippen molar-refractivity contribution >= 4 is 24.1 Å². The lowest BCUT2D eigenvalue weighted by molar-refractivity contribution is 0.0200. The predicted molar refractivity (Wildman–Crippen MR) is 126 cm³/mol. The first-order valence-electron chi connectivity index (χ1n) is 11.0. The summed E-state index contributed by atoms with van der Waals surface area (Å²) in [5.41, 5.74) is -2.03. The topological polar surface area (TPSA) is 114 Å². The fourth-order valence-electron chi connectivity index (χ4n) is 2.80. The van der Waals surface area contributed by atoms with Crippen LogP contribution in [0.5, 0.6) is 11.5 Å². The van der Waals surface area contributed by atoms with Gasteiger partial charge in [-0.15, -0.1) is 0 Å². The molecule has 0 aliphatic heterocycles. The number of carbonyl (C=O) groups is 4. The molecule has 9 heteroatoms. The summed E-state index contributed by atoms with van der Waals surface area (Å²) in [7, 11) is 0. The molecule has 0 aromatic heterocycles. The Morgan fingerprint density at radius 3 is 1.83 bits per heavy atom. The molecule has 0 fully saturated rings. The fourth-order valence-corrected chi connectivity index (χ4v) is 2.80. The van der Waals surface area contributed by atoms with Crippen LogP contribution in [0.4, 0.5) is 9.59 Å². The lowest BCUT2D eigenvalue weighted by Gasteiger charge is -2.21. The van der Waals surface area contributed by atoms with Gasteiger partial charge in [0.25, 0.3) is 0 Å². The standard InChI is InChI=1S/C26H30O9/c1-8-31-22(28)18-14-17(32-23(29)34-25(2,3)4)15-19(33-24(30)35-26(5,6)7)20(18)21(27)16-12-10-9-11-13-16/h9-15H,8H2,1-7H3. The summed E-state index contributed by atoms with van der Waals surface area (Å²) in [4.78, 5) is 50.9. The number of rotatable bonds is 6. The normalized spacial score (nSPS) is 11.3. The Labute approximate surface area is 204 Å². The second-order valence-electron chi connectivity index (χ2n) is 9.39. The Balaban J connectivity index is 2.66. The van der Waals surface area contributed by atoms with Gasteiger partial charge >= 0.3 is 18.3 Å². The third-order valence-electron chi connectivity index (χ3n) is 4.01. The Hall–Kier alpha value is -3.88. The van der Waals surface area contributed by atoms with E-state index < -0.39 is 35.3 Å². The predicted octanol–water partition coefficient (Wildman–Crippen LogP) is 5.72. The SMILES string of the molecule is CCOC(=O)c1cc(OC(=O)OC(C)(C)C)cc(OC(=O)OC(C)(C)C)c1C(=O)c1ccccc1. The number of ketones is 1. The number of carbonyl (C=O) groups excluding carboxylic acids is 4. The molecule has 0 spiro atoms. The largest absolute Gasteiger partial charge is 0.514 e. The van der Waals surface area contributed by atoms with Gasteiger partial charge in [0, 0.05) is 11.6 Å². The summed E-state index contributed by atoms with van der Waals surface area (Å²) in [6.07, 6.45) is -2.18. The Kier molecular flexibility index (Phi) is 8.62. The number of hydrogen-bond acceptors (Lipinski definition) is 9. The van der Waals surface area contributed by atoms with Gasteiger partial charge in [-0.1, -0.05) is 30.3 Å². The zero-order valence-corrected chi connectivity index (χ0v) is 20.9. The maximum absolute atomic E-state index is 13.4. The molecule has 2 aromatic rings. The minimum Gasteiger partial charge on any atom is -0.462 e. The molecule has 0 radical (unpaired) electrons. The summed E-state index contributed by atoms with van der Waals surface area (Å²) in [6.45, 7) is 11.5. The third-order valence-corrected chi connectivity index (χ3v) is 4.01. The van der Waals surface area contributed by atoms with E-state index in [1.54, 1.807) is 78.8 Å². The first-order valence-corrected chi connectivity index (χ1v) is 11.0. The smallest absolute Gasteiger partial charge is 0.462 e. The highest BCUT2D eigenvalue weighted by atomic mass is 16.7. The highest BCUT2D eigenvalue weighted by molar-refractivity contribution is 6.16. The second-order valence-corrected chi connectivity index (χ2v) is 9.39. The summed E-state index contributed by atoms with van der Waals surface area (Å²) in [6, 6.07) is 10.4. The van der Waals surface area contributed by atoms with Crippen molar-refractivity contribution in [2.75, 3.05) is 6.61 Å². The van der Waals surface area contributed by atoms with E-state index in [0.717, 1.165) is 12.1 Å². The molecule has 188 valence electrons. The lowest BCUT2D eigenvalue weighted by Crippen LogP contribution is -2.27. The summed E-state index contributed by atoms with van der Waals surface area (Å²) in [5, 5.41) is 0. The molecule has 0 saturated carbocycles. The van der Waals surface area contributed by atoms with Crippen LogP contribution >= 0.6 is 0 Å². The third kappa shape index (κ3) is 8.44. The number of ether oxygens (including phenoxy) is 5. The van der Waals surface area contributed by atoms with Crippen LogP contribution in [0.2, 0.25) is 0 Å². The molecule has 0 heterocycles. The van der Waals surface area contributed by atoms with Crippen LogP contribution in [0, 0.1) is 0 Å². The molecule has 0 N–H and O–H groups in total. The van der Waals surface area contributed by atoms with Crippen molar-refractivity contribution in [1.29, 1.82) is 0 Å². The van der Waals surface area contributed by atoms with Crippen molar-refractivity contribution in [3.05, 3.63) is 59.2 Å². The highest BCUT2D eigenvalue weighted by Crippen LogP contribution is 2.33. The molecular weight excluding hydrogens is 456 g/mol. The summed E-state index contributed by atoms with van der Waals surface area (Å²) in [5.74, 6) is -2.05. The van der Waals surface area contributed by atoms with E-state index in [1.807, 2.05) is 0 Å². The zero-order chi connectivity index (χ0) is 26.4. The van der Waals surface area contributed by atoms with Gasteiger partial charge in [-0.25, -0.2) is 14.4 Å². The average Bonchev–Trinajstić information content (AvgIpc) is 2.71. The van der Waals surface area contributed by atoms with Crippen LogP contribution < -0.4 is 9.47 Å². The van der Waals surface area contributed by atoms with E-state index in [2.05, 4.69) is 0 Å². The Morgan fingerprint density at radius 2 is 1.31 bits per heavy atom. The van der Waals surface area contributed by atoms with E-state index in [0.29, 0.717) is 0 Å². The van der Waals surface area contributed by atoms with Gasteiger partial charge in [0.2, 0.25) is 0 Å². The van der Waals surface area contributed by atoms with Crippen LogP contribution in [-0.4, -0.2) is 41.9 Å². The van der Waals surface area contributed by atoms with Crippen LogP contribution in [0.25, 0.3) is 0 Å². The minimum atomic E-state index is -1.12. The van der Waals surface area contributed by atoms with Crippen molar-refractivity contribution in [2.24, 2.45) is 0 Å². The van der Waals surface area contributed by atoms with E-state index in [4.69, 9.17) is 23.7 Å². The van der Waals surface area contributed by atoms with Gasteiger partial charge in [0.1, 0.15) is 22.7 Å². The van der Waals surface area contributed by atoms with E-state index in [9.17, 15) is 19.2 Å². The molecule has 2 rings (SSSR count). The fraction of sp³-hybridized carbons (Fsp3) is 0.385. The molecule has 0 bridgehead atoms.